The highest BCUT2D eigenvalue weighted by Crippen LogP contribution is 2.11. The molecule has 20 heavy (non-hydrogen) atoms. The molecule has 0 spiro atoms. The number of hydrogen-bond donors (Lipinski definition) is 2. The van der Waals surface area contributed by atoms with E-state index in [0.717, 1.165) is 10.6 Å². The van der Waals surface area contributed by atoms with Crippen molar-refractivity contribution in [2.24, 2.45) is 5.73 Å². The topological polar surface area (TPSA) is 68.0 Å². The Kier molecular flexibility index (Phi) is 4.88. The average molecular weight is 285 g/mol. The van der Waals surface area contributed by atoms with E-state index in [-0.39, 0.29) is 12.5 Å². The van der Waals surface area contributed by atoms with Gasteiger partial charge in [0.05, 0.1) is 18.7 Å². The molecule has 5 heteroatoms. The molecule has 1 heterocycles. The number of thiazole rings is 1. The van der Waals surface area contributed by atoms with Crippen LogP contribution in [0.1, 0.15) is 26.5 Å². The standard InChI is InChI=1S/C15H15N3OS/c1-11-4-5-13(12(9-11)3-2-6-16)15(19)18-10-14-17-7-8-20-14/h4-5,7-9H,6,10,16H2,1H3,(H,18,19). The van der Waals surface area contributed by atoms with Crippen LogP contribution in [0, 0.1) is 18.8 Å². The second kappa shape index (κ2) is 6.85. The van der Waals surface area contributed by atoms with Gasteiger partial charge in [-0.2, -0.15) is 0 Å². The molecule has 0 radical (unpaired) electrons. The van der Waals surface area contributed by atoms with Crippen molar-refractivity contribution in [2.75, 3.05) is 6.54 Å². The second-order valence-electron chi connectivity index (χ2n) is 4.16. The third-order valence-corrected chi connectivity index (χ3v) is 3.41. The van der Waals surface area contributed by atoms with E-state index in [4.69, 9.17) is 5.73 Å². The first-order valence-electron chi connectivity index (χ1n) is 6.17. The van der Waals surface area contributed by atoms with E-state index in [1.165, 1.54) is 11.3 Å². The average Bonchev–Trinajstić information content (AvgIpc) is 2.96. The number of aromatic nitrogens is 1. The van der Waals surface area contributed by atoms with E-state index in [1.807, 2.05) is 24.4 Å². The summed E-state index contributed by atoms with van der Waals surface area (Å²) in [6.07, 6.45) is 1.72. The zero-order valence-electron chi connectivity index (χ0n) is 11.1. The molecule has 3 N–H and O–H groups in total. The number of aryl methyl sites for hydroxylation is 1. The molecule has 0 fully saturated rings. The number of carbonyl (C=O) groups excluding carboxylic acids is 1. The molecule has 0 atom stereocenters. The minimum Gasteiger partial charge on any atom is -0.345 e. The molecular formula is C15H15N3OS. The third kappa shape index (κ3) is 3.67. The van der Waals surface area contributed by atoms with Crippen LogP contribution in [-0.4, -0.2) is 17.4 Å². The Morgan fingerprint density at radius 1 is 1.50 bits per heavy atom. The van der Waals surface area contributed by atoms with Gasteiger partial charge in [-0.25, -0.2) is 4.98 Å². The smallest absolute Gasteiger partial charge is 0.252 e. The fraction of sp³-hybridized carbons (Fsp3) is 0.200. The van der Waals surface area contributed by atoms with Crippen molar-refractivity contribution in [3.05, 3.63) is 51.5 Å². The van der Waals surface area contributed by atoms with Crippen LogP contribution in [0.3, 0.4) is 0 Å². The first-order chi connectivity index (χ1) is 9.70. The van der Waals surface area contributed by atoms with Crippen molar-refractivity contribution < 1.29 is 4.79 Å². The predicted octanol–water partition coefficient (Wildman–Crippen LogP) is 1.69. The number of nitrogens with one attached hydrogen (secondary N) is 1. The molecule has 0 saturated carbocycles. The van der Waals surface area contributed by atoms with Gasteiger partial charge < -0.3 is 11.1 Å². The lowest BCUT2D eigenvalue weighted by molar-refractivity contribution is 0.0950. The molecule has 0 aliphatic heterocycles. The Bertz CT molecular complexity index is 653. The van der Waals surface area contributed by atoms with Gasteiger partial charge in [-0.05, 0) is 24.6 Å². The van der Waals surface area contributed by atoms with E-state index < -0.39 is 0 Å². The number of carbonyl (C=O) groups is 1. The monoisotopic (exact) mass is 285 g/mol. The Morgan fingerprint density at radius 2 is 2.35 bits per heavy atom. The van der Waals surface area contributed by atoms with Gasteiger partial charge in [-0.15, -0.1) is 11.3 Å². The molecule has 4 nitrogen and oxygen atoms in total. The summed E-state index contributed by atoms with van der Waals surface area (Å²) in [4.78, 5) is 16.3. The summed E-state index contributed by atoms with van der Waals surface area (Å²) in [6.45, 7) is 2.66. The van der Waals surface area contributed by atoms with Crippen LogP contribution in [0.5, 0.6) is 0 Å². The lowest BCUT2D eigenvalue weighted by Crippen LogP contribution is -2.23. The molecule has 1 amide bonds. The fourth-order valence-electron chi connectivity index (χ4n) is 1.70. The zero-order valence-corrected chi connectivity index (χ0v) is 12.0. The van der Waals surface area contributed by atoms with Crippen molar-refractivity contribution in [3.63, 3.8) is 0 Å². The fourth-order valence-corrected chi connectivity index (χ4v) is 2.25. The number of amides is 1. The molecular weight excluding hydrogens is 270 g/mol. The Morgan fingerprint density at radius 3 is 3.05 bits per heavy atom. The second-order valence-corrected chi connectivity index (χ2v) is 5.14. The Labute approximate surface area is 122 Å². The van der Waals surface area contributed by atoms with Gasteiger partial charge in [0.1, 0.15) is 5.01 Å². The van der Waals surface area contributed by atoms with Crippen molar-refractivity contribution in [1.82, 2.24) is 10.3 Å². The molecule has 1 aromatic carbocycles. The molecule has 1 aromatic heterocycles. The van der Waals surface area contributed by atoms with E-state index in [9.17, 15) is 4.79 Å². The van der Waals surface area contributed by atoms with Crippen molar-refractivity contribution in [3.8, 4) is 11.8 Å². The minimum absolute atomic E-state index is 0.151. The number of nitrogens with zero attached hydrogens (tertiary/aromatic N) is 1. The molecule has 2 aromatic rings. The molecule has 102 valence electrons. The maximum atomic E-state index is 12.2. The Hall–Kier alpha value is -2.16. The van der Waals surface area contributed by atoms with Gasteiger partial charge in [0.15, 0.2) is 0 Å². The summed E-state index contributed by atoms with van der Waals surface area (Å²) in [5.41, 5.74) is 7.70. The molecule has 0 saturated heterocycles. The highest BCUT2D eigenvalue weighted by atomic mass is 32.1. The number of hydrogen-bond acceptors (Lipinski definition) is 4. The summed E-state index contributed by atoms with van der Waals surface area (Å²) in [7, 11) is 0. The lowest BCUT2D eigenvalue weighted by Gasteiger charge is -2.06. The van der Waals surface area contributed by atoms with Gasteiger partial charge in [-0.1, -0.05) is 17.9 Å². The highest BCUT2D eigenvalue weighted by molar-refractivity contribution is 7.09. The summed E-state index contributed by atoms with van der Waals surface area (Å²) in [6, 6.07) is 5.57. The SMILES string of the molecule is Cc1ccc(C(=O)NCc2nccs2)c(C#CCN)c1. The molecule has 2 rings (SSSR count). The van der Waals surface area contributed by atoms with Gasteiger partial charge >= 0.3 is 0 Å². The van der Waals surface area contributed by atoms with Crippen molar-refractivity contribution in [2.45, 2.75) is 13.5 Å². The summed E-state index contributed by atoms with van der Waals surface area (Å²) in [5.74, 6) is 5.57. The van der Waals surface area contributed by atoms with Gasteiger partial charge in [0.2, 0.25) is 0 Å². The van der Waals surface area contributed by atoms with E-state index in [0.29, 0.717) is 17.7 Å². The lowest BCUT2D eigenvalue weighted by atomic mass is 10.0. The van der Waals surface area contributed by atoms with E-state index in [1.54, 1.807) is 12.3 Å². The van der Waals surface area contributed by atoms with Gasteiger partial charge in [0.25, 0.3) is 5.91 Å². The highest BCUT2D eigenvalue weighted by Gasteiger charge is 2.10. The number of rotatable bonds is 3. The van der Waals surface area contributed by atoms with E-state index in [2.05, 4.69) is 22.1 Å². The molecule has 0 bridgehead atoms. The molecule has 0 aliphatic rings. The zero-order chi connectivity index (χ0) is 14.4. The summed E-state index contributed by atoms with van der Waals surface area (Å²) in [5, 5.41) is 5.60. The third-order valence-electron chi connectivity index (χ3n) is 2.63. The summed E-state index contributed by atoms with van der Waals surface area (Å²) >= 11 is 1.51. The maximum absolute atomic E-state index is 12.2. The summed E-state index contributed by atoms with van der Waals surface area (Å²) < 4.78 is 0. The molecule has 0 aliphatic carbocycles. The number of benzene rings is 1. The Balaban J connectivity index is 2.16. The predicted molar refractivity (Wildman–Crippen MR) is 80.4 cm³/mol. The van der Waals surface area contributed by atoms with Crippen LogP contribution in [0.2, 0.25) is 0 Å². The first-order valence-corrected chi connectivity index (χ1v) is 7.05. The van der Waals surface area contributed by atoms with E-state index >= 15 is 0 Å². The van der Waals surface area contributed by atoms with Crippen LogP contribution >= 0.6 is 11.3 Å². The minimum atomic E-state index is -0.151. The van der Waals surface area contributed by atoms with Crippen molar-refractivity contribution in [1.29, 1.82) is 0 Å². The first kappa shape index (κ1) is 14.3. The van der Waals surface area contributed by atoms with Gasteiger partial charge in [-0.3, -0.25) is 4.79 Å². The van der Waals surface area contributed by atoms with Crippen LogP contribution < -0.4 is 11.1 Å². The van der Waals surface area contributed by atoms with Crippen molar-refractivity contribution >= 4 is 17.2 Å². The normalized spacial score (nSPS) is 9.70. The molecule has 0 unspecified atom stereocenters. The van der Waals surface area contributed by atoms with Crippen LogP contribution in [-0.2, 0) is 6.54 Å². The van der Waals surface area contributed by atoms with Crippen LogP contribution in [0.4, 0.5) is 0 Å². The largest absolute Gasteiger partial charge is 0.345 e. The quantitative estimate of drug-likeness (QED) is 0.843. The maximum Gasteiger partial charge on any atom is 0.252 e. The number of nitrogens with two attached hydrogens (primary N) is 1. The van der Waals surface area contributed by atoms with Crippen LogP contribution in [0.25, 0.3) is 0 Å². The van der Waals surface area contributed by atoms with Gasteiger partial charge in [0, 0.05) is 17.1 Å². The van der Waals surface area contributed by atoms with Crippen LogP contribution in [0.15, 0.2) is 29.8 Å².